The van der Waals surface area contributed by atoms with E-state index in [-0.39, 0.29) is 5.92 Å². The van der Waals surface area contributed by atoms with Crippen LogP contribution in [0.15, 0.2) is 42.5 Å². The molecule has 0 saturated heterocycles. The molecule has 94 valence electrons. The van der Waals surface area contributed by atoms with Gasteiger partial charge in [0.1, 0.15) is 5.78 Å². The number of rotatable bonds is 5. The maximum absolute atomic E-state index is 11.8. The molecule has 0 unspecified atom stereocenters. The number of Topliss-reactive ketones (excluding diaryl/α,β-unsaturated/α-hetero) is 1. The van der Waals surface area contributed by atoms with Crippen molar-refractivity contribution >= 4 is 16.6 Å². The molecule has 0 amide bonds. The maximum Gasteiger partial charge on any atom is 0.136 e. The summed E-state index contributed by atoms with van der Waals surface area (Å²) in [6.07, 6.45) is 2.44. The topological polar surface area (TPSA) is 17.1 Å². The van der Waals surface area contributed by atoms with Crippen molar-refractivity contribution in [1.82, 2.24) is 0 Å². The van der Waals surface area contributed by atoms with Crippen LogP contribution in [0.1, 0.15) is 32.3 Å². The molecule has 0 radical (unpaired) electrons. The number of carbonyl (C=O) groups excluding carboxylic acids is 1. The second-order valence-electron chi connectivity index (χ2n) is 4.81. The van der Waals surface area contributed by atoms with Crippen LogP contribution in [-0.2, 0) is 11.2 Å². The largest absolute Gasteiger partial charge is 0.299 e. The van der Waals surface area contributed by atoms with E-state index >= 15 is 0 Å². The molecule has 0 saturated carbocycles. The lowest BCUT2D eigenvalue weighted by molar-refractivity contribution is -0.122. The Balaban J connectivity index is 2.23. The Morgan fingerprint density at radius 1 is 1.06 bits per heavy atom. The van der Waals surface area contributed by atoms with Crippen molar-refractivity contribution in [2.45, 2.75) is 33.1 Å². The summed E-state index contributed by atoms with van der Waals surface area (Å²) in [5, 5.41) is 2.52. The third-order valence-electron chi connectivity index (χ3n) is 3.59. The van der Waals surface area contributed by atoms with Crippen molar-refractivity contribution in [1.29, 1.82) is 0 Å². The lowest BCUT2D eigenvalue weighted by Gasteiger charge is -2.13. The molecule has 2 rings (SSSR count). The maximum atomic E-state index is 11.8. The van der Waals surface area contributed by atoms with E-state index in [1.54, 1.807) is 0 Å². The highest BCUT2D eigenvalue weighted by atomic mass is 16.1. The highest BCUT2D eigenvalue weighted by Crippen LogP contribution is 2.20. The van der Waals surface area contributed by atoms with Crippen molar-refractivity contribution in [2.75, 3.05) is 0 Å². The second kappa shape index (κ2) is 5.81. The zero-order chi connectivity index (χ0) is 13.0. The monoisotopic (exact) mass is 240 g/mol. The molecule has 0 N–H and O–H groups in total. The van der Waals surface area contributed by atoms with E-state index in [2.05, 4.69) is 49.4 Å². The zero-order valence-electron chi connectivity index (χ0n) is 11.1. The molecular weight excluding hydrogens is 220 g/mol. The normalized spacial score (nSPS) is 12.6. The Hall–Kier alpha value is -1.63. The van der Waals surface area contributed by atoms with Crippen molar-refractivity contribution in [3.05, 3.63) is 48.0 Å². The van der Waals surface area contributed by atoms with E-state index in [0.717, 1.165) is 12.8 Å². The van der Waals surface area contributed by atoms with Gasteiger partial charge in [-0.1, -0.05) is 56.3 Å². The van der Waals surface area contributed by atoms with Gasteiger partial charge in [-0.2, -0.15) is 0 Å². The Morgan fingerprint density at radius 3 is 2.44 bits per heavy atom. The fourth-order valence-corrected chi connectivity index (χ4v) is 2.42. The second-order valence-corrected chi connectivity index (χ2v) is 4.81. The molecule has 0 aliphatic heterocycles. The minimum absolute atomic E-state index is 0.177. The number of ketones is 1. The Kier molecular flexibility index (Phi) is 4.14. The fourth-order valence-electron chi connectivity index (χ4n) is 2.42. The van der Waals surface area contributed by atoms with E-state index in [1.807, 2.05) is 6.92 Å². The molecular formula is C17H20O. The summed E-state index contributed by atoms with van der Waals surface area (Å²) in [5.41, 5.74) is 1.27. The molecule has 1 atom stereocenters. The van der Waals surface area contributed by atoms with E-state index < -0.39 is 0 Å². The van der Waals surface area contributed by atoms with E-state index in [1.165, 1.54) is 16.3 Å². The van der Waals surface area contributed by atoms with Crippen molar-refractivity contribution in [3.63, 3.8) is 0 Å². The summed E-state index contributed by atoms with van der Waals surface area (Å²) in [5.74, 6) is 0.557. The van der Waals surface area contributed by atoms with Crippen LogP contribution in [0.3, 0.4) is 0 Å². The third-order valence-corrected chi connectivity index (χ3v) is 3.59. The van der Waals surface area contributed by atoms with Gasteiger partial charge in [0, 0.05) is 12.3 Å². The lowest BCUT2D eigenvalue weighted by atomic mass is 9.91. The van der Waals surface area contributed by atoms with Crippen LogP contribution in [0.25, 0.3) is 10.8 Å². The molecule has 0 aliphatic carbocycles. The number of fused-ring (bicyclic) bond motifs is 1. The fraction of sp³-hybridized carbons (Fsp3) is 0.353. The Morgan fingerprint density at radius 2 is 1.78 bits per heavy atom. The summed E-state index contributed by atoms with van der Waals surface area (Å²) >= 11 is 0. The van der Waals surface area contributed by atoms with Crippen LogP contribution in [0.5, 0.6) is 0 Å². The average Bonchev–Trinajstić information content (AvgIpc) is 2.43. The first kappa shape index (κ1) is 12.8. The van der Waals surface area contributed by atoms with Crippen LogP contribution in [0, 0.1) is 5.92 Å². The SMILES string of the molecule is CCC(=O)[C@H](CC)Cc1ccc2ccccc2c1. The molecule has 2 aromatic rings. The van der Waals surface area contributed by atoms with Gasteiger partial charge in [0.25, 0.3) is 0 Å². The Labute approximate surface area is 109 Å². The number of hydrogen-bond acceptors (Lipinski definition) is 1. The van der Waals surface area contributed by atoms with Gasteiger partial charge in [0.05, 0.1) is 0 Å². The predicted octanol–water partition coefficient (Wildman–Crippen LogP) is 4.39. The quantitative estimate of drug-likeness (QED) is 0.757. The predicted molar refractivity (Wildman–Crippen MR) is 76.7 cm³/mol. The van der Waals surface area contributed by atoms with Crippen LogP contribution < -0.4 is 0 Å². The molecule has 2 aromatic carbocycles. The summed E-state index contributed by atoms with van der Waals surface area (Å²) in [6.45, 7) is 4.05. The van der Waals surface area contributed by atoms with Crippen LogP contribution in [0.4, 0.5) is 0 Å². The van der Waals surface area contributed by atoms with Crippen molar-refractivity contribution < 1.29 is 4.79 Å². The highest BCUT2D eigenvalue weighted by molar-refractivity contribution is 5.84. The van der Waals surface area contributed by atoms with Gasteiger partial charge in [0.15, 0.2) is 0 Å². The standard InChI is InChI=1S/C17H20O/c1-3-14(17(18)4-2)11-13-9-10-15-7-5-6-8-16(15)12-13/h5-10,12,14H,3-4,11H2,1-2H3/t14-/m1/s1. The molecule has 1 nitrogen and oxygen atoms in total. The van der Waals surface area contributed by atoms with Crippen LogP contribution >= 0.6 is 0 Å². The van der Waals surface area contributed by atoms with Gasteiger partial charge in [0.2, 0.25) is 0 Å². The van der Waals surface area contributed by atoms with Gasteiger partial charge >= 0.3 is 0 Å². The minimum Gasteiger partial charge on any atom is -0.299 e. The summed E-state index contributed by atoms with van der Waals surface area (Å²) in [7, 11) is 0. The van der Waals surface area contributed by atoms with Gasteiger partial charge in [-0.05, 0) is 29.2 Å². The van der Waals surface area contributed by atoms with Crippen molar-refractivity contribution in [3.8, 4) is 0 Å². The van der Waals surface area contributed by atoms with Gasteiger partial charge in [-0.25, -0.2) is 0 Å². The molecule has 0 heterocycles. The summed E-state index contributed by atoms with van der Waals surface area (Å²) in [4.78, 5) is 11.8. The average molecular weight is 240 g/mol. The number of carbonyl (C=O) groups is 1. The van der Waals surface area contributed by atoms with E-state index in [9.17, 15) is 4.79 Å². The highest BCUT2D eigenvalue weighted by Gasteiger charge is 2.14. The molecule has 1 heteroatoms. The first-order valence-electron chi connectivity index (χ1n) is 6.75. The van der Waals surface area contributed by atoms with Crippen LogP contribution in [0.2, 0.25) is 0 Å². The molecule has 0 aliphatic rings. The van der Waals surface area contributed by atoms with Gasteiger partial charge in [-0.15, -0.1) is 0 Å². The number of benzene rings is 2. The van der Waals surface area contributed by atoms with Gasteiger partial charge in [-0.3, -0.25) is 4.79 Å². The van der Waals surface area contributed by atoms with E-state index in [0.29, 0.717) is 12.2 Å². The Bertz CT molecular complexity index is 542. The van der Waals surface area contributed by atoms with Crippen molar-refractivity contribution in [2.24, 2.45) is 5.92 Å². The molecule has 18 heavy (non-hydrogen) atoms. The summed E-state index contributed by atoms with van der Waals surface area (Å²) < 4.78 is 0. The smallest absolute Gasteiger partial charge is 0.136 e. The van der Waals surface area contributed by atoms with Gasteiger partial charge < -0.3 is 0 Å². The molecule has 0 bridgehead atoms. The molecule has 0 spiro atoms. The first-order valence-corrected chi connectivity index (χ1v) is 6.75. The van der Waals surface area contributed by atoms with E-state index in [4.69, 9.17) is 0 Å². The number of hydrogen-bond donors (Lipinski definition) is 0. The third kappa shape index (κ3) is 2.79. The minimum atomic E-state index is 0.177. The first-order chi connectivity index (χ1) is 8.74. The zero-order valence-corrected chi connectivity index (χ0v) is 11.1. The molecule has 0 fully saturated rings. The van der Waals surface area contributed by atoms with Crippen LogP contribution in [-0.4, -0.2) is 5.78 Å². The lowest BCUT2D eigenvalue weighted by Crippen LogP contribution is -2.15. The molecule has 0 aromatic heterocycles. The summed E-state index contributed by atoms with van der Waals surface area (Å²) in [6, 6.07) is 14.9.